The molecule has 0 aliphatic rings. The van der Waals surface area contributed by atoms with Crippen molar-refractivity contribution in [3.8, 4) is 0 Å². The summed E-state index contributed by atoms with van der Waals surface area (Å²) in [5.74, 6) is -0.184. The predicted octanol–water partition coefficient (Wildman–Crippen LogP) is 2.73. The van der Waals surface area contributed by atoms with E-state index in [-0.39, 0.29) is 17.2 Å². The van der Waals surface area contributed by atoms with Crippen molar-refractivity contribution in [3.63, 3.8) is 0 Å². The molecule has 2 aromatic rings. The quantitative estimate of drug-likeness (QED) is 0.905. The summed E-state index contributed by atoms with van der Waals surface area (Å²) in [7, 11) is -0.580. The van der Waals surface area contributed by atoms with E-state index in [1.165, 1.54) is 20.2 Å². The van der Waals surface area contributed by atoms with E-state index in [0.717, 1.165) is 15.4 Å². The largest absolute Gasteiger partial charge is 0.326 e. The van der Waals surface area contributed by atoms with E-state index in [1.807, 2.05) is 31.2 Å². The van der Waals surface area contributed by atoms with Gasteiger partial charge >= 0.3 is 0 Å². The van der Waals surface area contributed by atoms with E-state index in [4.69, 9.17) is 0 Å². The van der Waals surface area contributed by atoms with E-state index in [0.29, 0.717) is 11.3 Å². The summed E-state index contributed by atoms with van der Waals surface area (Å²) in [6.07, 6.45) is 0.240. The van der Waals surface area contributed by atoms with Gasteiger partial charge in [-0.25, -0.2) is 12.7 Å². The Kier molecular flexibility index (Phi) is 5.41. The Bertz CT molecular complexity index is 841. The summed E-state index contributed by atoms with van der Waals surface area (Å²) in [4.78, 5) is 12.4. The molecule has 1 amide bonds. The molecule has 24 heavy (non-hydrogen) atoms. The first-order valence-electron chi connectivity index (χ1n) is 7.59. The van der Waals surface area contributed by atoms with Crippen LogP contribution in [0.4, 0.5) is 5.69 Å². The van der Waals surface area contributed by atoms with Crippen LogP contribution in [-0.4, -0.2) is 32.7 Å². The molecule has 0 aliphatic heterocycles. The minimum absolute atomic E-state index is 0.184. The molecule has 0 atom stereocenters. The first-order chi connectivity index (χ1) is 11.2. The number of sulfonamides is 1. The highest BCUT2D eigenvalue weighted by molar-refractivity contribution is 7.89. The molecule has 5 nitrogen and oxygen atoms in total. The van der Waals surface area contributed by atoms with Crippen LogP contribution in [0.25, 0.3) is 0 Å². The Morgan fingerprint density at radius 2 is 1.67 bits per heavy atom. The number of hydrogen-bond acceptors (Lipinski definition) is 3. The monoisotopic (exact) mass is 346 g/mol. The molecule has 0 spiro atoms. The van der Waals surface area contributed by atoms with Crippen molar-refractivity contribution in [3.05, 3.63) is 59.2 Å². The standard InChI is InChI=1S/C18H22N2O3S/c1-13-5-8-15(9-6-13)11-18(21)19-16-10-7-14(2)17(12-16)24(22,23)20(3)4/h5-10,12H,11H2,1-4H3,(H,19,21). The second-order valence-corrected chi connectivity index (χ2v) is 8.10. The zero-order chi connectivity index (χ0) is 17.9. The summed E-state index contributed by atoms with van der Waals surface area (Å²) in [5.41, 5.74) is 3.15. The topological polar surface area (TPSA) is 66.5 Å². The van der Waals surface area contributed by atoms with E-state index in [2.05, 4.69) is 5.32 Å². The third-order valence-corrected chi connectivity index (χ3v) is 5.67. The Balaban J connectivity index is 2.18. The van der Waals surface area contributed by atoms with Crippen LogP contribution in [-0.2, 0) is 21.2 Å². The van der Waals surface area contributed by atoms with Crippen molar-refractivity contribution in [2.45, 2.75) is 25.2 Å². The summed E-state index contributed by atoms with van der Waals surface area (Å²) in [5, 5.41) is 2.76. The number of aryl methyl sites for hydroxylation is 2. The van der Waals surface area contributed by atoms with E-state index in [1.54, 1.807) is 19.1 Å². The molecule has 128 valence electrons. The molecule has 6 heteroatoms. The van der Waals surface area contributed by atoms with Crippen molar-refractivity contribution in [2.75, 3.05) is 19.4 Å². The lowest BCUT2D eigenvalue weighted by Crippen LogP contribution is -2.23. The van der Waals surface area contributed by atoms with Crippen LogP contribution >= 0.6 is 0 Å². The van der Waals surface area contributed by atoms with Crippen LogP contribution < -0.4 is 5.32 Å². The van der Waals surface area contributed by atoms with E-state index < -0.39 is 10.0 Å². The summed E-state index contributed by atoms with van der Waals surface area (Å²) in [6.45, 7) is 3.72. The van der Waals surface area contributed by atoms with E-state index >= 15 is 0 Å². The lowest BCUT2D eigenvalue weighted by atomic mass is 10.1. The molecule has 0 unspecified atom stereocenters. The second kappa shape index (κ2) is 7.15. The molecule has 0 radical (unpaired) electrons. The van der Waals surface area contributed by atoms with Crippen molar-refractivity contribution >= 4 is 21.6 Å². The van der Waals surface area contributed by atoms with Gasteiger partial charge in [-0.2, -0.15) is 0 Å². The SMILES string of the molecule is Cc1ccc(CC(=O)Nc2ccc(C)c(S(=O)(=O)N(C)C)c2)cc1. The molecular formula is C18H22N2O3S. The van der Waals surface area contributed by atoms with Crippen LogP contribution in [0.2, 0.25) is 0 Å². The Morgan fingerprint density at radius 3 is 2.25 bits per heavy atom. The zero-order valence-corrected chi connectivity index (χ0v) is 15.1. The van der Waals surface area contributed by atoms with E-state index in [9.17, 15) is 13.2 Å². The van der Waals surface area contributed by atoms with Gasteiger partial charge in [-0.3, -0.25) is 4.79 Å². The van der Waals surface area contributed by atoms with Gasteiger partial charge in [-0.1, -0.05) is 35.9 Å². The predicted molar refractivity (Wildman–Crippen MR) is 95.6 cm³/mol. The number of hydrogen-bond donors (Lipinski definition) is 1. The maximum atomic E-state index is 12.3. The number of carbonyl (C=O) groups is 1. The van der Waals surface area contributed by atoms with Crippen molar-refractivity contribution in [2.24, 2.45) is 0 Å². The fourth-order valence-corrected chi connectivity index (χ4v) is 3.39. The third-order valence-electron chi connectivity index (χ3n) is 3.72. The van der Waals surface area contributed by atoms with Gasteiger partial charge in [0.05, 0.1) is 11.3 Å². The lowest BCUT2D eigenvalue weighted by Gasteiger charge is -2.15. The van der Waals surface area contributed by atoms with Gasteiger partial charge in [0.2, 0.25) is 15.9 Å². The average Bonchev–Trinajstić information content (AvgIpc) is 2.51. The smallest absolute Gasteiger partial charge is 0.242 e. The lowest BCUT2D eigenvalue weighted by molar-refractivity contribution is -0.115. The number of benzene rings is 2. The molecule has 1 N–H and O–H groups in total. The van der Waals surface area contributed by atoms with Crippen LogP contribution in [0.1, 0.15) is 16.7 Å². The summed E-state index contributed by atoms with van der Waals surface area (Å²) >= 11 is 0. The van der Waals surface area contributed by atoms with Gasteiger partial charge in [-0.05, 0) is 37.1 Å². The van der Waals surface area contributed by atoms with Gasteiger partial charge in [0.15, 0.2) is 0 Å². The van der Waals surface area contributed by atoms with Gasteiger partial charge in [0, 0.05) is 19.8 Å². The van der Waals surface area contributed by atoms with Crippen molar-refractivity contribution in [1.29, 1.82) is 0 Å². The van der Waals surface area contributed by atoms with Gasteiger partial charge in [0.25, 0.3) is 0 Å². The van der Waals surface area contributed by atoms with Crippen LogP contribution in [0.5, 0.6) is 0 Å². The summed E-state index contributed by atoms with van der Waals surface area (Å²) < 4.78 is 25.8. The molecule has 0 aromatic heterocycles. The first kappa shape index (κ1) is 18.2. The Morgan fingerprint density at radius 1 is 1.04 bits per heavy atom. The second-order valence-electron chi connectivity index (χ2n) is 5.98. The summed E-state index contributed by atoms with van der Waals surface area (Å²) in [6, 6.07) is 12.6. The molecule has 0 aliphatic carbocycles. The minimum atomic E-state index is -3.55. The molecule has 0 saturated carbocycles. The first-order valence-corrected chi connectivity index (χ1v) is 9.03. The molecule has 0 saturated heterocycles. The van der Waals surface area contributed by atoms with Crippen molar-refractivity contribution in [1.82, 2.24) is 4.31 Å². The van der Waals surface area contributed by atoms with Gasteiger partial charge < -0.3 is 5.32 Å². The molecule has 0 heterocycles. The molecule has 0 fully saturated rings. The highest BCUT2D eigenvalue weighted by Gasteiger charge is 2.20. The number of nitrogens with one attached hydrogen (secondary N) is 1. The number of carbonyl (C=O) groups excluding carboxylic acids is 1. The van der Waals surface area contributed by atoms with Gasteiger partial charge in [-0.15, -0.1) is 0 Å². The maximum absolute atomic E-state index is 12.3. The fourth-order valence-electron chi connectivity index (χ4n) is 2.25. The molecular weight excluding hydrogens is 324 g/mol. The maximum Gasteiger partial charge on any atom is 0.242 e. The fraction of sp³-hybridized carbons (Fsp3) is 0.278. The average molecular weight is 346 g/mol. The molecule has 2 aromatic carbocycles. The number of nitrogens with zero attached hydrogens (tertiary/aromatic N) is 1. The highest BCUT2D eigenvalue weighted by Crippen LogP contribution is 2.22. The van der Waals surface area contributed by atoms with Crippen molar-refractivity contribution < 1.29 is 13.2 Å². The molecule has 0 bridgehead atoms. The highest BCUT2D eigenvalue weighted by atomic mass is 32.2. The number of rotatable bonds is 5. The van der Waals surface area contributed by atoms with Crippen LogP contribution in [0.3, 0.4) is 0 Å². The normalized spacial score (nSPS) is 11.5. The Labute approximate surface area is 143 Å². The van der Waals surface area contributed by atoms with Crippen LogP contribution in [0, 0.1) is 13.8 Å². The van der Waals surface area contributed by atoms with Gasteiger partial charge in [0.1, 0.15) is 0 Å². The minimum Gasteiger partial charge on any atom is -0.326 e. The number of amides is 1. The van der Waals surface area contributed by atoms with Crippen LogP contribution in [0.15, 0.2) is 47.4 Å². The number of anilines is 1. The Hall–Kier alpha value is -2.18. The molecule has 2 rings (SSSR count). The zero-order valence-electron chi connectivity index (χ0n) is 14.3. The third kappa shape index (κ3) is 4.21.